The van der Waals surface area contributed by atoms with E-state index in [-0.39, 0.29) is 0 Å². The van der Waals surface area contributed by atoms with Gasteiger partial charge in [0.05, 0.1) is 21.3 Å². The Balaban J connectivity index is 1.38. The Hall–Kier alpha value is -5.83. The first-order chi connectivity index (χ1) is 21.1. The third-order valence-corrected chi connectivity index (χ3v) is 7.49. The molecule has 3 aromatic heterocycles. The average Bonchev–Trinajstić information content (AvgIpc) is 3.79. The second-order valence-electron chi connectivity index (χ2n) is 9.98. The van der Waals surface area contributed by atoms with Gasteiger partial charge in [-0.25, -0.2) is 15.0 Å². The van der Waals surface area contributed by atoms with E-state index in [2.05, 4.69) is 0 Å². The van der Waals surface area contributed by atoms with Crippen molar-refractivity contribution in [3.05, 3.63) is 84.9 Å². The quantitative estimate of drug-likeness (QED) is 0.195. The molecule has 8 aromatic rings. The summed E-state index contributed by atoms with van der Waals surface area (Å²) in [4.78, 5) is 14.4. The van der Waals surface area contributed by atoms with E-state index in [0.717, 1.165) is 33.0 Å². The van der Waals surface area contributed by atoms with E-state index >= 15 is 0 Å². The Morgan fingerprint density at radius 1 is 0.465 bits per heavy atom. The molecule has 0 N–H and O–H groups in total. The van der Waals surface area contributed by atoms with Gasteiger partial charge in [0.2, 0.25) is 17.7 Å². The fraction of sp³-hybridized carbons (Fsp3) is 0.0882. The Morgan fingerprint density at radius 3 is 1.49 bits per heavy atom. The van der Waals surface area contributed by atoms with Gasteiger partial charge in [-0.15, -0.1) is 0 Å². The van der Waals surface area contributed by atoms with Crippen LogP contribution in [0.3, 0.4) is 0 Å². The molecule has 0 unspecified atom stereocenters. The predicted molar refractivity (Wildman–Crippen MR) is 163 cm³/mol. The molecule has 43 heavy (non-hydrogen) atoms. The molecule has 0 saturated heterocycles. The summed E-state index contributed by atoms with van der Waals surface area (Å²) >= 11 is 0. The molecule has 0 bridgehead atoms. The summed E-state index contributed by atoms with van der Waals surface area (Å²) in [5, 5.41) is 1.77. The van der Waals surface area contributed by atoms with Crippen LogP contribution in [0.1, 0.15) is 0 Å². The summed E-state index contributed by atoms with van der Waals surface area (Å²) in [5.41, 5.74) is 6.32. The molecule has 0 amide bonds. The largest absolute Gasteiger partial charge is 0.497 e. The molecule has 5 aromatic carbocycles. The van der Waals surface area contributed by atoms with Gasteiger partial charge in [0.15, 0.2) is 16.7 Å². The van der Waals surface area contributed by atoms with Gasteiger partial charge in [0.1, 0.15) is 33.8 Å². The third kappa shape index (κ3) is 4.13. The van der Waals surface area contributed by atoms with Crippen LogP contribution < -0.4 is 14.2 Å². The fourth-order valence-electron chi connectivity index (χ4n) is 5.32. The number of fused-ring (bicyclic) bond motifs is 4. The van der Waals surface area contributed by atoms with Crippen molar-refractivity contribution < 1.29 is 27.5 Å². The van der Waals surface area contributed by atoms with Gasteiger partial charge in [-0.1, -0.05) is 12.1 Å². The molecule has 9 nitrogen and oxygen atoms in total. The summed E-state index contributed by atoms with van der Waals surface area (Å²) in [6, 6.07) is 26.6. The molecule has 0 saturated carbocycles. The maximum atomic E-state index is 6.29. The summed E-state index contributed by atoms with van der Waals surface area (Å²) in [6.07, 6.45) is 0. The van der Waals surface area contributed by atoms with E-state index in [1.165, 1.54) is 0 Å². The lowest BCUT2D eigenvalue weighted by atomic mass is 9.96. The number of nitrogens with zero attached hydrogens (tertiary/aromatic N) is 3. The van der Waals surface area contributed by atoms with Crippen molar-refractivity contribution in [2.24, 2.45) is 0 Å². The van der Waals surface area contributed by atoms with Crippen LogP contribution in [0, 0.1) is 0 Å². The zero-order chi connectivity index (χ0) is 29.1. The lowest BCUT2D eigenvalue weighted by Crippen LogP contribution is -1.89. The molecule has 0 radical (unpaired) electrons. The zero-order valence-electron chi connectivity index (χ0n) is 23.4. The SMILES string of the molecule is COc1ccc2nc(-c3cc(-c4nc5ccc(OC)cc5o4)c4cccc(-c5nc6ccc(OC)cc6o5)c4c3)oc2c1. The number of hydrogen-bond acceptors (Lipinski definition) is 9. The summed E-state index contributed by atoms with van der Waals surface area (Å²) in [5.74, 6) is 3.44. The Bertz CT molecular complexity index is 2330. The minimum absolute atomic E-state index is 0.446. The first kappa shape index (κ1) is 24.9. The first-order valence-corrected chi connectivity index (χ1v) is 13.5. The van der Waals surface area contributed by atoms with E-state index in [4.69, 9.17) is 42.4 Å². The Morgan fingerprint density at radius 2 is 0.953 bits per heavy atom. The van der Waals surface area contributed by atoms with Crippen LogP contribution >= 0.6 is 0 Å². The van der Waals surface area contributed by atoms with Crippen LogP contribution in [0.2, 0.25) is 0 Å². The minimum atomic E-state index is 0.446. The summed E-state index contributed by atoms with van der Waals surface area (Å²) < 4.78 is 34.9. The van der Waals surface area contributed by atoms with Gasteiger partial charge in [-0.3, -0.25) is 0 Å². The van der Waals surface area contributed by atoms with E-state index in [9.17, 15) is 0 Å². The van der Waals surface area contributed by atoms with Crippen molar-refractivity contribution in [2.75, 3.05) is 21.3 Å². The van der Waals surface area contributed by atoms with Crippen molar-refractivity contribution in [2.45, 2.75) is 0 Å². The maximum Gasteiger partial charge on any atom is 0.227 e. The van der Waals surface area contributed by atoms with Gasteiger partial charge in [-0.05, 0) is 65.4 Å². The number of aromatic nitrogens is 3. The normalized spacial score (nSPS) is 11.6. The molecular formula is C34H23N3O6. The Labute approximate surface area is 244 Å². The average molecular weight is 570 g/mol. The number of benzene rings is 5. The van der Waals surface area contributed by atoms with Crippen LogP contribution in [0.4, 0.5) is 0 Å². The minimum Gasteiger partial charge on any atom is -0.497 e. The van der Waals surface area contributed by atoms with Crippen molar-refractivity contribution in [1.82, 2.24) is 15.0 Å². The number of methoxy groups -OCH3 is 3. The topological polar surface area (TPSA) is 106 Å². The predicted octanol–water partition coefficient (Wildman–Crippen LogP) is 8.29. The van der Waals surface area contributed by atoms with Crippen LogP contribution in [0.25, 0.3) is 78.4 Å². The lowest BCUT2D eigenvalue weighted by molar-refractivity contribution is 0.414. The van der Waals surface area contributed by atoms with E-state index in [0.29, 0.717) is 62.7 Å². The number of ether oxygens (including phenoxy) is 3. The molecule has 0 aliphatic rings. The first-order valence-electron chi connectivity index (χ1n) is 13.5. The highest BCUT2D eigenvalue weighted by Crippen LogP contribution is 2.40. The molecule has 9 heteroatoms. The van der Waals surface area contributed by atoms with Crippen LogP contribution in [0.15, 0.2) is 98.2 Å². The van der Waals surface area contributed by atoms with Crippen molar-refractivity contribution in [3.63, 3.8) is 0 Å². The zero-order valence-corrected chi connectivity index (χ0v) is 23.4. The summed E-state index contributed by atoms with van der Waals surface area (Å²) in [6.45, 7) is 0. The van der Waals surface area contributed by atoms with Crippen molar-refractivity contribution in [3.8, 4) is 51.6 Å². The second-order valence-corrected chi connectivity index (χ2v) is 9.98. The molecule has 0 fully saturated rings. The van der Waals surface area contributed by atoms with Gasteiger partial charge in [0, 0.05) is 34.9 Å². The monoisotopic (exact) mass is 569 g/mol. The summed E-state index contributed by atoms with van der Waals surface area (Å²) in [7, 11) is 4.86. The van der Waals surface area contributed by atoms with Crippen LogP contribution in [0.5, 0.6) is 17.2 Å². The number of oxazole rings is 3. The molecule has 8 rings (SSSR count). The standard InChI is InChI=1S/C34H23N3O6/c1-38-19-7-10-26-29(15-19)41-32(35-26)18-13-24-22(25(14-18)34-37-28-12-9-21(40-3)17-31(28)43-34)5-4-6-23(24)33-36-27-11-8-20(39-2)16-30(27)42-33/h4-17H,1-3H3. The van der Waals surface area contributed by atoms with Gasteiger partial charge < -0.3 is 27.5 Å². The van der Waals surface area contributed by atoms with Gasteiger partial charge >= 0.3 is 0 Å². The maximum absolute atomic E-state index is 6.29. The smallest absolute Gasteiger partial charge is 0.227 e. The highest BCUT2D eigenvalue weighted by Gasteiger charge is 2.20. The molecule has 210 valence electrons. The lowest BCUT2D eigenvalue weighted by Gasteiger charge is -2.09. The number of hydrogen-bond donors (Lipinski definition) is 0. The van der Waals surface area contributed by atoms with E-state index in [1.54, 1.807) is 21.3 Å². The van der Waals surface area contributed by atoms with Crippen molar-refractivity contribution >= 4 is 44.1 Å². The molecule has 0 aliphatic heterocycles. The Kier molecular flexibility index (Phi) is 5.58. The molecule has 0 aliphatic carbocycles. The van der Waals surface area contributed by atoms with Gasteiger partial charge in [-0.2, -0.15) is 0 Å². The molecule has 0 spiro atoms. The second kappa shape index (κ2) is 9.63. The molecule has 0 atom stereocenters. The van der Waals surface area contributed by atoms with Gasteiger partial charge in [0.25, 0.3) is 0 Å². The van der Waals surface area contributed by atoms with Crippen LogP contribution in [-0.2, 0) is 0 Å². The van der Waals surface area contributed by atoms with Crippen LogP contribution in [-0.4, -0.2) is 36.3 Å². The highest BCUT2D eigenvalue weighted by atomic mass is 16.5. The molecule has 3 heterocycles. The van der Waals surface area contributed by atoms with Crippen molar-refractivity contribution in [1.29, 1.82) is 0 Å². The highest BCUT2D eigenvalue weighted by molar-refractivity contribution is 6.05. The van der Waals surface area contributed by atoms with E-state index < -0.39 is 0 Å². The van der Waals surface area contributed by atoms with E-state index in [1.807, 2.05) is 84.9 Å². The fourth-order valence-corrected chi connectivity index (χ4v) is 5.32. The molecular weight excluding hydrogens is 546 g/mol. The number of rotatable bonds is 6. The third-order valence-electron chi connectivity index (χ3n) is 7.49.